The van der Waals surface area contributed by atoms with E-state index in [4.69, 9.17) is 28.8 Å². The number of imidazole rings is 1. The van der Waals surface area contributed by atoms with E-state index < -0.39 is 78.3 Å². The van der Waals surface area contributed by atoms with Gasteiger partial charge < -0.3 is 33.3 Å². The Morgan fingerprint density at radius 2 is 1.91 bits per heavy atom. The third kappa shape index (κ3) is 6.66. The Bertz CT molecular complexity index is 1810. The van der Waals surface area contributed by atoms with E-state index in [1.165, 1.54) is 26.0 Å². The number of nitrogens with zero attached hydrogens (tertiary/aromatic N) is 5. The lowest BCUT2D eigenvalue weighted by atomic mass is 10.1. The van der Waals surface area contributed by atoms with Crippen molar-refractivity contribution >= 4 is 34.3 Å². The zero-order valence-corrected chi connectivity index (χ0v) is 26.0. The first-order chi connectivity index (χ1) is 22.2. The van der Waals surface area contributed by atoms with Crippen molar-refractivity contribution in [2.24, 2.45) is 0 Å². The van der Waals surface area contributed by atoms with Gasteiger partial charge in [-0.25, -0.2) is 28.5 Å². The number of ether oxygens (including phenoxy) is 2. The Morgan fingerprint density at radius 1 is 1.11 bits per heavy atom. The number of nitrogens with one attached hydrogen (secondary N) is 1. The zero-order valence-electron chi connectivity index (χ0n) is 24.0. The van der Waals surface area contributed by atoms with Crippen LogP contribution in [0.3, 0.4) is 0 Å². The molecule has 246 valence electrons. The molecule has 5 heterocycles. The molecular formula is C26H29F2N7O9P2. The topological polar surface area (TPSA) is 197 Å². The molecular weight excluding hydrogens is 654 g/mol. The molecule has 2 fully saturated rings. The van der Waals surface area contributed by atoms with E-state index in [-0.39, 0.29) is 24.4 Å². The van der Waals surface area contributed by atoms with Crippen LogP contribution in [0.4, 0.5) is 14.6 Å². The predicted octanol–water partition coefficient (Wildman–Crippen LogP) is 2.45. The summed E-state index contributed by atoms with van der Waals surface area (Å²) in [6.07, 6.45) is -5.23. The molecule has 0 bridgehead atoms. The largest absolute Gasteiger partial charge is 0.382 e. The number of hydrogen-bond donors (Lipinski definition) is 2. The zero-order chi connectivity index (χ0) is 32.4. The highest BCUT2D eigenvalue weighted by atomic mass is 31.1. The summed E-state index contributed by atoms with van der Waals surface area (Å²) in [5.74, 6) is 0.180. The van der Waals surface area contributed by atoms with Crippen LogP contribution in [0.15, 0.2) is 58.8 Å². The fourth-order valence-corrected chi connectivity index (χ4v) is 6.26. The van der Waals surface area contributed by atoms with Gasteiger partial charge in [0.15, 0.2) is 32.9 Å². The number of anilines is 1. The van der Waals surface area contributed by atoms with Gasteiger partial charge in [-0.3, -0.25) is 23.5 Å². The molecule has 9 atom stereocenters. The Kier molecular flexibility index (Phi) is 9.96. The van der Waals surface area contributed by atoms with E-state index in [0.717, 1.165) is 4.57 Å². The van der Waals surface area contributed by atoms with Crippen molar-refractivity contribution in [1.82, 2.24) is 29.1 Å². The van der Waals surface area contributed by atoms with E-state index in [2.05, 4.69) is 24.5 Å². The van der Waals surface area contributed by atoms with Gasteiger partial charge >= 0.3 is 13.9 Å². The molecule has 46 heavy (non-hydrogen) atoms. The van der Waals surface area contributed by atoms with Gasteiger partial charge in [0, 0.05) is 19.7 Å². The average molecular weight is 684 g/mol. The SMILES string of the molecule is CO[PH](=O)OC[C@H]1O[C@@H](n2cc(-c3ccccc3)c(=O)[nH]c2=O)[C@H](OPOC[C@H]2O[C@@H](n3cnc4c(N)ncnc43)C[C@@H]2F)[C@@H]1F. The minimum Gasteiger partial charge on any atom is -0.382 e. The summed E-state index contributed by atoms with van der Waals surface area (Å²) >= 11 is 0. The minimum absolute atomic E-state index is 0.0103. The van der Waals surface area contributed by atoms with Gasteiger partial charge in [-0.1, -0.05) is 30.3 Å². The quantitative estimate of drug-likeness (QED) is 0.163. The van der Waals surface area contributed by atoms with Crippen molar-refractivity contribution < 1.29 is 40.9 Å². The summed E-state index contributed by atoms with van der Waals surface area (Å²) < 4.78 is 77.5. The molecule has 0 amide bonds. The van der Waals surface area contributed by atoms with E-state index in [9.17, 15) is 18.5 Å². The van der Waals surface area contributed by atoms with Crippen LogP contribution in [0.25, 0.3) is 22.3 Å². The number of halogens is 2. The number of H-pyrrole nitrogens is 1. The van der Waals surface area contributed by atoms with Crippen molar-refractivity contribution in [3.05, 3.63) is 70.0 Å². The van der Waals surface area contributed by atoms with Crippen LogP contribution in [-0.4, -0.2) is 80.0 Å². The number of fused-ring (bicyclic) bond motifs is 1. The Labute approximate surface area is 261 Å². The molecule has 3 N–H and O–H groups in total. The second-order valence-corrected chi connectivity index (χ2v) is 12.2. The lowest BCUT2D eigenvalue weighted by molar-refractivity contribution is -0.0483. The van der Waals surface area contributed by atoms with Crippen LogP contribution in [-0.2, 0) is 32.1 Å². The Balaban J connectivity index is 1.15. The fourth-order valence-electron chi connectivity index (χ4n) is 5.18. The standard InChI is InChI=1S/C26H29F2N7O9P2/c1-39-46(38)41-10-17-19(28)21(25(43-17)34-8-14(24(36)33-26(34)37)13-5-3-2-4-6-13)44-45-40-9-16-15(27)7-18(42-16)35-12-32-20-22(29)30-11-31-23(20)35/h2-6,8,11-12,15-19,21,25,45-46H,7,9-10H2,1H3,(H2,29,30,31)(H,33,36,37)/t15-,16+,17+,18+,19+,21+,25+/m0/s1. The predicted molar refractivity (Wildman–Crippen MR) is 160 cm³/mol. The molecule has 0 aliphatic carbocycles. The minimum atomic E-state index is -2.91. The van der Waals surface area contributed by atoms with Crippen LogP contribution in [0.5, 0.6) is 0 Å². The molecule has 2 aliphatic rings. The molecule has 2 aliphatic heterocycles. The van der Waals surface area contributed by atoms with Gasteiger partial charge in [-0.15, -0.1) is 0 Å². The number of alkyl halides is 2. The van der Waals surface area contributed by atoms with Crippen LogP contribution in [0, 0.1) is 0 Å². The fraction of sp³-hybridized carbons (Fsp3) is 0.423. The number of nitrogen functional groups attached to an aromatic ring is 1. The maximum absolute atomic E-state index is 15.7. The van der Waals surface area contributed by atoms with Crippen molar-refractivity contribution in [3.63, 3.8) is 0 Å². The number of aromatic amines is 1. The number of aromatic nitrogens is 6. The molecule has 16 nitrogen and oxygen atoms in total. The van der Waals surface area contributed by atoms with Crippen LogP contribution < -0.4 is 17.0 Å². The first-order valence-electron chi connectivity index (χ1n) is 13.9. The van der Waals surface area contributed by atoms with Crippen molar-refractivity contribution in [2.45, 2.75) is 49.5 Å². The lowest BCUT2D eigenvalue weighted by Crippen LogP contribution is -2.38. The molecule has 6 rings (SSSR count). The summed E-state index contributed by atoms with van der Waals surface area (Å²) in [6, 6.07) is 8.52. The number of hydrogen-bond acceptors (Lipinski definition) is 13. The average Bonchev–Trinajstić information content (AvgIpc) is 3.74. The Hall–Kier alpha value is -3.47. The summed E-state index contributed by atoms with van der Waals surface area (Å²) in [7, 11) is -2.57. The maximum Gasteiger partial charge on any atom is 0.330 e. The highest BCUT2D eigenvalue weighted by Crippen LogP contribution is 2.40. The van der Waals surface area contributed by atoms with Gasteiger partial charge in [-0.05, 0) is 5.56 Å². The van der Waals surface area contributed by atoms with E-state index in [1.54, 1.807) is 34.9 Å². The second kappa shape index (κ2) is 14.1. The summed E-state index contributed by atoms with van der Waals surface area (Å²) in [5.41, 5.74) is 5.69. The molecule has 2 saturated heterocycles. The van der Waals surface area contributed by atoms with Gasteiger partial charge in [0.25, 0.3) is 5.56 Å². The molecule has 2 unspecified atom stereocenters. The molecule has 20 heteroatoms. The molecule has 4 aromatic rings. The molecule has 0 radical (unpaired) electrons. The van der Waals surface area contributed by atoms with Gasteiger partial charge in [-0.2, -0.15) is 0 Å². The number of rotatable bonds is 12. The molecule has 0 spiro atoms. The first kappa shape index (κ1) is 32.5. The van der Waals surface area contributed by atoms with E-state index in [0.29, 0.717) is 16.7 Å². The second-order valence-electron chi connectivity index (χ2n) is 10.3. The van der Waals surface area contributed by atoms with Crippen molar-refractivity contribution in [2.75, 3.05) is 26.1 Å². The smallest absolute Gasteiger partial charge is 0.330 e. The third-order valence-electron chi connectivity index (χ3n) is 7.47. The maximum atomic E-state index is 15.7. The highest BCUT2D eigenvalue weighted by Gasteiger charge is 2.48. The van der Waals surface area contributed by atoms with Gasteiger partial charge in [0.05, 0.1) is 25.1 Å². The highest BCUT2D eigenvalue weighted by molar-refractivity contribution is 7.33. The summed E-state index contributed by atoms with van der Waals surface area (Å²) in [4.78, 5) is 40.0. The molecule has 3 aromatic heterocycles. The Morgan fingerprint density at radius 3 is 2.70 bits per heavy atom. The summed E-state index contributed by atoms with van der Waals surface area (Å²) in [5, 5.41) is 0. The van der Waals surface area contributed by atoms with Crippen molar-refractivity contribution in [1.29, 1.82) is 0 Å². The van der Waals surface area contributed by atoms with E-state index in [1.807, 2.05) is 0 Å². The summed E-state index contributed by atoms with van der Waals surface area (Å²) in [6.45, 7) is -0.717. The van der Waals surface area contributed by atoms with Crippen LogP contribution in [0.1, 0.15) is 18.9 Å². The number of benzene rings is 1. The monoisotopic (exact) mass is 683 g/mol. The normalized spacial score (nSPS) is 27.2. The third-order valence-corrected chi connectivity index (χ3v) is 8.86. The molecule has 0 saturated carbocycles. The van der Waals surface area contributed by atoms with Crippen LogP contribution >= 0.6 is 17.3 Å². The first-order valence-corrected chi connectivity index (χ1v) is 16.0. The number of nitrogens with two attached hydrogens (primary N) is 1. The van der Waals surface area contributed by atoms with Crippen LogP contribution in [0.2, 0.25) is 0 Å². The van der Waals surface area contributed by atoms with Gasteiger partial charge in [0.1, 0.15) is 42.6 Å². The van der Waals surface area contributed by atoms with E-state index >= 15 is 4.39 Å². The molecule has 1 aromatic carbocycles. The lowest BCUT2D eigenvalue weighted by Gasteiger charge is -2.22. The van der Waals surface area contributed by atoms with Gasteiger partial charge in [0.2, 0.25) is 0 Å². The van der Waals surface area contributed by atoms with Crippen molar-refractivity contribution in [3.8, 4) is 11.1 Å².